The van der Waals surface area contributed by atoms with Crippen LogP contribution in [0.5, 0.6) is 0 Å². The van der Waals surface area contributed by atoms with Gasteiger partial charge in [-0.25, -0.2) is 8.42 Å². The second-order valence-electron chi connectivity index (χ2n) is 4.84. The average Bonchev–Trinajstić information content (AvgIpc) is 2.32. The largest absolute Gasteiger partial charge is 0.480 e. The fraction of sp³-hybridized carbons (Fsp3) is 0.833. The van der Waals surface area contributed by atoms with E-state index in [9.17, 15) is 18.0 Å². The lowest BCUT2D eigenvalue weighted by Crippen LogP contribution is -2.48. The van der Waals surface area contributed by atoms with E-state index in [-0.39, 0.29) is 37.5 Å². The average molecular weight is 324 g/mol. The molecule has 8 nitrogen and oxygen atoms in total. The summed E-state index contributed by atoms with van der Waals surface area (Å²) in [6.45, 7) is 6.09. The maximum Gasteiger partial charge on any atom is 0.321 e. The van der Waals surface area contributed by atoms with Gasteiger partial charge in [0.25, 0.3) is 0 Å². The third kappa shape index (κ3) is 7.98. The van der Waals surface area contributed by atoms with Gasteiger partial charge in [-0.1, -0.05) is 0 Å². The van der Waals surface area contributed by atoms with E-state index in [1.54, 1.807) is 13.8 Å². The first-order chi connectivity index (χ1) is 9.58. The van der Waals surface area contributed by atoms with E-state index in [0.717, 1.165) is 4.31 Å². The molecule has 0 fully saturated rings. The molecule has 0 aliphatic carbocycles. The van der Waals surface area contributed by atoms with E-state index >= 15 is 0 Å². The van der Waals surface area contributed by atoms with Crippen LogP contribution in [0.1, 0.15) is 27.7 Å². The number of amides is 1. The molecule has 124 valence electrons. The molecule has 0 heterocycles. The van der Waals surface area contributed by atoms with Crippen LogP contribution >= 0.6 is 0 Å². The summed E-state index contributed by atoms with van der Waals surface area (Å²) >= 11 is 0. The van der Waals surface area contributed by atoms with Crippen molar-refractivity contribution in [1.29, 1.82) is 0 Å². The van der Waals surface area contributed by atoms with Crippen molar-refractivity contribution < 1.29 is 27.9 Å². The summed E-state index contributed by atoms with van der Waals surface area (Å²) in [6, 6.07) is -1.21. The van der Waals surface area contributed by atoms with Gasteiger partial charge in [0.15, 0.2) is 0 Å². The lowest BCUT2D eigenvalue weighted by molar-refractivity contribution is -0.140. The zero-order valence-corrected chi connectivity index (χ0v) is 13.6. The maximum absolute atomic E-state index is 12.2. The Morgan fingerprint density at radius 3 is 2.29 bits per heavy atom. The van der Waals surface area contributed by atoms with Crippen molar-refractivity contribution in [2.75, 3.05) is 25.4 Å². The van der Waals surface area contributed by atoms with Crippen LogP contribution in [0.2, 0.25) is 0 Å². The number of hydrogen-bond acceptors (Lipinski definition) is 5. The smallest absolute Gasteiger partial charge is 0.321 e. The molecule has 0 aromatic heterocycles. The number of carboxylic acids is 1. The number of nitrogens with zero attached hydrogens (tertiary/aromatic N) is 1. The Bertz CT molecular complexity index is 449. The fourth-order valence-corrected chi connectivity index (χ4v) is 3.03. The molecule has 0 rings (SSSR count). The van der Waals surface area contributed by atoms with Crippen molar-refractivity contribution in [2.24, 2.45) is 0 Å². The highest BCUT2D eigenvalue weighted by Crippen LogP contribution is 2.08. The third-order valence-corrected chi connectivity index (χ3v) is 4.54. The van der Waals surface area contributed by atoms with Crippen molar-refractivity contribution in [1.82, 2.24) is 9.62 Å². The number of ether oxygens (including phenoxy) is 1. The molecule has 1 unspecified atom stereocenters. The highest BCUT2D eigenvalue weighted by atomic mass is 32.2. The number of nitrogens with one attached hydrogen (secondary N) is 1. The van der Waals surface area contributed by atoms with E-state index < -0.39 is 22.0 Å². The normalized spacial score (nSPS) is 13.4. The van der Waals surface area contributed by atoms with Crippen LogP contribution in [0.4, 0.5) is 0 Å². The Morgan fingerprint density at radius 2 is 1.86 bits per heavy atom. The monoisotopic (exact) mass is 324 g/mol. The van der Waals surface area contributed by atoms with Crippen LogP contribution in [0, 0.1) is 0 Å². The number of carbonyl (C=O) groups excluding carboxylic acids is 1. The fourth-order valence-electron chi connectivity index (χ4n) is 1.55. The first-order valence-corrected chi connectivity index (χ1v) is 8.27. The van der Waals surface area contributed by atoms with Gasteiger partial charge >= 0.3 is 5.97 Å². The Morgan fingerprint density at radius 1 is 1.29 bits per heavy atom. The van der Waals surface area contributed by atoms with E-state index in [2.05, 4.69) is 5.32 Å². The Balaban J connectivity index is 4.83. The molecule has 0 aliphatic heterocycles. The molecule has 0 radical (unpaired) electrons. The summed E-state index contributed by atoms with van der Waals surface area (Å²) in [7, 11) is -3.78. The van der Waals surface area contributed by atoms with Crippen LogP contribution in [-0.2, 0) is 24.3 Å². The minimum atomic E-state index is -3.78. The predicted molar refractivity (Wildman–Crippen MR) is 77.4 cm³/mol. The van der Waals surface area contributed by atoms with Gasteiger partial charge in [0, 0.05) is 20.0 Å². The first kappa shape index (κ1) is 19.8. The van der Waals surface area contributed by atoms with Crippen LogP contribution in [0.15, 0.2) is 0 Å². The highest BCUT2D eigenvalue weighted by molar-refractivity contribution is 7.89. The van der Waals surface area contributed by atoms with Crippen LogP contribution in [0.25, 0.3) is 0 Å². The number of rotatable bonds is 10. The number of carbonyl (C=O) groups is 2. The lowest BCUT2D eigenvalue weighted by Gasteiger charge is -2.25. The molecule has 21 heavy (non-hydrogen) atoms. The summed E-state index contributed by atoms with van der Waals surface area (Å²) in [5.41, 5.74) is 0. The lowest BCUT2D eigenvalue weighted by atomic mass is 10.3. The van der Waals surface area contributed by atoms with Gasteiger partial charge in [-0.15, -0.1) is 0 Å². The molecule has 0 saturated heterocycles. The Labute approximate surface area is 125 Å². The van der Waals surface area contributed by atoms with Crippen LogP contribution in [0.3, 0.4) is 0 Å². The topological polar surface area (TPSA) is 113 Å². The summed E-state index contributed by atoms with van der Waals surface area (Å²) in [4.78, 5) is 21.9. The van der Waals surface area contributed by atoms with E-state index in [1.807, 2.05) is 0 Å². The summed E-state index contributed by atoms with van der Waals surface area (Å²) in [5, 5.41) is 11.5. The van der Waals surface area contributed by atoms with Gasteiger partial charge in [-0.05, 0) is 20.8 Å². The molecule has 0 saturated carbocycles. The van der Waals surface area contributed by atoms with E-state index in [1.165, 1.54) is 13.8 Å². The van der Waals surface area contributed by atoms with Crippen molar-refractivity contribution in [3.05, 3.63) is 0 Å². The summed E-state index contributed by atoms with van der Waals surface area (Å²) in [5.74, 6) is -1.85. The van der Waals surface area contributed by atoms with Gasteiger partial charge < -0.3 is 15.2 Å². The van der Waals surface area contributed by atoms with Crippen LogP contribution in [-0.4, -0.2) is 67.3 Å². The number of carboxylic acid groups (broad SMARTS) is 1. The first-order valence-electron chi connectivity index (χ1n) is 6.66. The van der Waals surface area contributed by atoms with Crippen molar-refractivity contribution in [3.63, 3.8) is 0 Å². The van der Waals surface area contributed by atoms with E-state index in [0.29, 0.717) is 0 Å². The molecular formula is C12H24N2O6S. The standard InChI is InChI=1S/C12H24N2O6S/c1-9(2)20-7-8-21(18,19)14(10(3)12(16)17)6-5-13-11(4)15/h9-10H,5-8H2,1-4H3,(H,13,15)(H,16,17). The molecule has 0 spiro atoms. The molecule has 9 heteroatoms. The molecule has 2 N–H and O–H groups in total. The third-order valence-electron chi connectivity index (χ3n) is 2.65. The minimum Gasteiger partial charge on any atom is -0.480 e. The quantitative estimate of drug-likeness (QED) is 0.568. The number of hydrogen-bond donors (Lipinski definition) is 2. The van der Waals surface area contributed by atoms with E-state index in [4.69, 9.17) is 9.84 Å². The maximum atomic E-state index is 12.2. The van der Waals surface area contributed by atoms with Gasteiger partial charge in [-0.2, -0.15) is 4.31 Å². The summed E-state index contributed by atoms with van der Waals surface area (Å²) < 4.78 is 30.5. The highest BCUT2D eigenvalue weighted by Gasteiger charge is 2.31. The number of aliphatic carboxylic acids is 1. The second-order valence-corrected chi connectivity index (χ2v) is 6.88. The van der Waals surface area contributed by atoms with Crippen molar-refractivity contribution in [3.8, 4) is 0 Å². The molecule has 0 aromatic rings. The summed E-state index contributed by atoms with van der Waals surface area (Å²) in [6.07, 6.45) is -0.107. The zero-order valence-electron chi connectivity index (χ0n) is 12.8. The molecule has 0 bridgehead atoms. The van der Waals surface area contributed by atoms with Crippen molar-refractivity contribution in [2.45, 2.75) is 39.8 Å². The van der Waals surface area contributed by atoms with Crippen molar-refractivity contribution >= 4 is 21.9 Å². The molecule has 1 atom stereocenters. The SMILES string of the molecule is CC(=O)NCCN(C(C)C(=O)O)S(=O)(=O)CCOC(C)C. The Hall–Kier alpha value is -1.19. The Kier molecular flexibility index (Phi) is 8.45. The van der Waals surface area contributed by atoms with Gasteiger partial charge in [0.2, 0.25) is 15.9 Å². The van der Waals surface area contributed by atoms with Gasteiger partial charge in [-0.3, -0.25) is 9.59 Å². The zero-order chi connectivity index (χ0) is 16.6. The molecule has 0 aromatic carbocycles. The van der Waals surface area contributed by atoms with Crippen LogP contribution < -0.4 is 5.32 Å². The van der Waals surface area contributed by atoms with Gasteiger partial charge in [0.1, 0.15) is 6.04 Å². The minimum absolute atomic E-state index is 0.0109. The molecule has 1 amide bonds. The number of sulfonamides is 1. The van der Waals surface area contributed by atoms with Gasteiger partial charge in [0.05, 0.1) is 18.5 Å². The molecule has 0 aliphatic rings. The second kappa shape index (κ2) is 8.96. The predicted octanol–water partition coefficient (Wildman–Crippen LogP) is -0.348. The molecular weight excluding hydrogens is 300 g/mol.